The van der Waals surface area contributed by atoms with E-state index in [0.717, 1.165) is 29.7 Å². The maximum Gasteiger partial charge on any atom is 0.193 e. The molecule has 1 aliphatic heterocycles. The van der Waals surface area contributed by atoms with Crippen molar-refractivity contribution in [1.29, 1.82) is 0 Å². The molecule has 1 unspecified atom stereocenters. The predicted molar refractivity (Wildman–Crippen MR) is 71.7 cm³/mol. The van der Waals surface area contributed by atoms with Gasteiger partial charge < -0.3 is 5.32 Å². The Morgan fingerprint density at radius 2 is 1.67 bits per heavy atom. The van der Waals surface area contributed by atoms with E-state index in [-0.39, 0.29) is 5.78 Å². The maximum absolute atomic E-state index is 12.5. The molecule has 2 nitrogen and oxygen atoms in total. The van der Waals surface area contributed by atoms with Gasteiger partial charge in [0, 0.05) is 17.2 Å². The van der Waals surface area contributed by atoms with Crippen molar-refractivity contribution in [2.45, 2.75) is 12.5 Å². The molecule has 1 aliphatic rings. The van der Waals surface area contributed by atoms with E-state index in [1.54, 1.807) is 0 Å². The Bertz CT molecular complexity index is 558. The summed E-state index contributed by atoms with van der Waals surface area (Å²) in [6, 6.07) is 17.7. The zero-order chi connectivity index (χ0) is 12.4. The maximum atomic E-state index is 12.5. The number of ketones is 1. The monoisotopic (exact) mass is 237 g/mol. The average molecular weight is 237 g/mol. The summed E-state index contributed by atoms with van der Waals surface area (Å²) in [7, 11) is 0. The van der Waals surface area contributed by atoms with E-state index in [1.165, 1.54) is 0 Å². The van der Waals surface area contributed by atoms with Crippen molar-refractivity contribution in [1.82, 2.24) is 5.32 Å². The molecule has 1 fully saturated rings. The molecule has 0 radical (unpaired) electrons. The van der Waals surface area contributed by atoms with Crippen molar-refractivity contribution in [3.05, 3.63) is 71.3 Å². The molecule has 0 bridgehead atoms. The summed E-state index contributed by atoms with van der Waals surface area (Å²) in [6.07, 6.45) is 1.11. The summed E-state index contributed by atoms with van der Waals surface area (Å²) >= 11 is 0. The Balaban J connectivity index is 1.99. The van der Waals surface area contributed by atoms with Crippen molar-refractivity contribution in [2.75, 3.05) is 6.54 Å². The Hall–Kier alpha value is -1.93. The highest BCUT2D eigenvalue weighted by Gasteiger charge is 2.23. The fourth-order valence-electron chi connectivity index (χ4n) is 2.31. The third kappa shape index (κ3) is 1.95. The largest absolute Gasteiger partial charge is 0.310 e. The molecule has 3 rings (SSSR count). The second-order valence-electron chi connectivity index (χ2n) is 4.58. The molecule has 1 atom stereocenters. The molecule has 0 aliphatic carbocycles. The van der Waals surface area contributed by atoms with Gasteiger partial charge in [-0.05, 0) is 18.5 Å². The molecule has 0 aromatic heterocycles. The zero-order valence-corrected chi connectivity index (χ0v) is 10.1. The van der Waals surface area contributed by atoms with Gasteiger partial charge in [0.1, 0.15) is 0 Å². The molecular weight excluding hydrogens is 222 g/mol. The first kappa shape index (κ1) is 11.2. The van der Waals surface area contributed by atoms with E-state index in [0.29, 0.717) is 6.04 Å². The molecule has 1 saturated heterocycles. The van der Waals surface area contributed by atoms with E-state index in [4.69, 9.17) is 0 Å². The molecule has 18 heavy (non-hydrogen) atoms. The highest BCUT2D eigenvalue weighted by atomic mass is 16.1. The van der Waals surface area contributed by atoms with Gasteiger partial charge in [-0.25, -0.2) is 0 Å². The van der Waals surface area contributed by atoms with Crippen molar-refractivity contribution >= 4 is 5.78 Å². The third-order valence-electron chi connectivity index (χ3n) is 3.44. The van der Waals surface area contributed by atoms with Crippen LogP contribution in [0.15, 0.2) is 54.6 Å². The van der Waals surface area contributed by atoms with Crippen LogP contribution >= 0.6 is 0 Å². The molecule has 2 heteroatoms. The van der Waals surface area contributed by atoms with Crippen molar-refractivity contribution in [3.8, 4) is 0 Å². The third-order valence-corrected chi connectivity index (χ3v) is 3.44. The number of rotatable bonds is 3. The lowest BCUT2D eigenvalue weighted by atomic mass is 9.90. The minimum absolute atomic E-state index is 0.111. The van der Waals surface area contributed by atoms with Crippen LogP contribution in [0.4, 0.5) is 0 Å². The van der Waals surface area contributed by atoms with Crippen molar-refractivity contribution < 1.29 is 4.79 Å². The van der Waals surface area contributed by atoms with Gasteiger partial charge in [-0.1, -0.05) is 54.6 Å². The lowest BCUT2D eigenvalue weighted by Gasteiger charge is -2.29. The summed E-state index contributed by atoms with van der Waals surface area (Å²) in [5.41, 5.74) is 2.70. The van der Waals surface area contributed by atoms with Crippen LogP contribution < -0.4 is 5.32 Å². The SMILES string of the molecule is O=C(c1ccccc1)c1ccccc1C1CCN1. The highest BCUT2D eigenvalue weighted by Crippen LogP contribution is 2.27. The van der Waals surface area contributed by atoms with Gasteiger partial charge in [0.15, 0.2) is 5.78 Å². The van der Waals surface area contributed by atoms with Crippen LogP contribution in [0.3, 0.4) is 0 Å². The summed E-state index contributed by atoms with van der Waals surface area (Å²) < 4.78 is 0. The van der Waals surface area contributed by atoms with Gasteiger partial charge in [-0.3, -0.25) is 4.79 Å². The fourth-order valence-corrected chi connectivity index (χ4v) is 2.31. The molecule has 1 N–H and O–H groups in total. The number of hydrogen-bond acceptors (Lipinski definition) is 2. The first-order chi connectivity index (χ1) is 8.86. The van der Waals surface area contributed by atoms with E-state index in [2.05, 4.69) is 5.32 Å². The summed E-state index contributed by atoms with van der Waals surface area (Å²) in [4.78, 5) is 12.5. The number of carbonyl (C=O) groups excluding carboxylic acids is 1. The molecule has 0 saturated carbocycles. The molecule has 2 aromatic rings. The molecule has 1 heterocycles. The average Bonchev–Trinajstić information content (AvgIpc) is 2.38. The van der Waals surface area contributed by atoms with Crippen LogP contribution in [0.2, 0.25) is 0 Å². The topological polar surface area (TPSA) is 29.1 Å². The number of nitrogens with one attached hydrogen (secondary N) is 1. The van der Waals surface area contributed by atoms with E-state index in [9.17, 15) is 4.79 Å². The van der Waals surface area contributed by atoms with E-state index in [1.807, 2.05) is 54.6 Å². The molecule has 90 valence electrons. The predicted octanol–water partition coefficient (Wildman–Crippen LogP) is 2.95. The highest BCUT2D eigenvalue weighted by molar-refractivity contribution is 6.10. The Labute approximate surface area is 107 Å². The zero-order valence-electron chi connectivity index (χ0n) is 10.1. The number of hydrogen-bond donors (Lipinski definition) is 1. The van der Waals surface area contributed by atoms with Gasteiger partial charge in [0.2, 0.25) is 0 Å². The van der Waals surface area contributed by atoms with Gasteiger partial charge in [0.25, 0.3) is 0 Å². The van der Waals surface area contributed by atoms with Crippen LogP contribution in [0, 0.1) is 0 Å². The van der Waals surface area contributed by atoms with Gasteiger partial charge >= 0.3 is 0 Å². The molecule has 0 spiro atoms. The smallest absolute Gasteiger partial charge is 0.193 e. The first-order valence-corrected chi connectivity index (χ1v) is 6.28. The van der Waals surface area contributed by atoms with Gasteiger partial charge in [-0.15, -0.1) is 0 Å². The van der Waals surface area contributed by atoms with Crippen LogP contribution in [0.25, 0.3) is 0 Å². The molecular formula is C16H15NO. The number of carbonyl (C=O) groups is 1. The quantitative estimate of drug-likeness (QED) is 0.831. The standard InChI is InChI=1S/C16H15NO/c18-16(12-6-2-1-3-7-12)14-9-5-4-8-13(14)15-10-11-17-15/h1-9,15,17H,10-11H2. The second kappa shape index (κ2) is 4.75. The minimum atomic E-state index is 0.111. The summed E-state index contributed by atoms with van der Waals surface area (Å²) in [5, 5.41) is 3.36. The lowest BCUT2D eigenvalue weighted by Crippen LogP contribution is -2.36. The molecule has 0 amide bonds. The Kier molecular flexibility index (Phi) is 2.95. The van der Waals surface area contributed by atoms with E-state index >= 15 is 0 Å². The summed E-state index contributed by atoms with van der Waals surface area (Å²) in [5.74, 6) is 0.111. The molecule has 2 aromatic carbocycles. The first-order valence-electron chi connectivity index (χ1n) is 6.28. The Morgan fingerprint density at radius 1 is 1.00 bits per heavy atom. The van der Waals surface area contributed by atoms with Crippen molar-refractivity contribution in [2.24, 2.45) is 0 Å². The van der Waals surface area contributed by atoms with Crippen LogP contribution in [0.1, 0.15) is 33.9 Å². The summed E-state index contributed by atoms with van der Waals surface area (Å²) in [6.45, 7) is 1.04. The minimum Gasteiger partial charge on any atom is -0.310 e. The Morgan fingerprint density at radius 3 is 2.33 bits per heavy atom. The van der Waals surface area contributed by atoms with Gasteiger partial charge in [-0.2, -0.15) is 0 Å². The van der Waals surface area contributed by atoms with Crippen LogP contribution in [0.5, 0.6) is 0 Å². The number of benzene rings is 2. The normalized spacial score (nSPS) is 18.1. The van der Waals surface area contributed by atoms with Crippen molar-refractivity contribution in [3.63, 3.8) is 0 Å². The van der Waals surface area contributed by atoms with Crippen LogP contribution in [-0.2, 0) is 0 Å². The van der Waals surface area contributed by atoms with Crippen LogP contribution in [-0.4, -0.2) is 12.3 Å². The van der Waals surface area contributed by atoms with E-state index < -0.39 is 0 Å². The second-order valence-corrected chi connectivity index (χ2v) is 4.58. The van der Waals surface area contributed by atoms with Gasteiger partial charge in [0.05, 0.1) is 0 Å². The fraction of sp³-hybridized carbons (Fsp3) is 0.188. The lowest BCUT2D eigenvalue weighted by molar-refractivity contribution is 0.103.